The number of carbonyl (C=O) groups is 1. The molecular weight excluding hydrogens is 254 g/mol. The summed E-state index contributed by atoms with van der Waals surface area (Å²) in [6, 6.07) is 0. The van der Waals surface area contributed by atoms with Gasteiger partial charge in [-0.05, 0) is 50.4 Å². The van der Waals surface area contributed by atoms with Crippen LogP contribution in [-0.4, -0.2) is 34.9 Å². The molecule has 1 amide bonds. The Kier molecular flexibility index (Phi) is 4.55. The number of amides is 1. The van der Waals surface area contributed by atoms with Crippen LogP contribution in [-0.2, 0) is 4.79 Å². The number of rotatable bonds is 8. The first-order valence-electron chi connectivity index (χ1n) is 7.84. The van der Waals surface area contributed by atoms with E-state index in [-0.39, 0.29) is 11.7 Å². The molecule has 0 atom stereocenters. The summed E-state index contributed by atoms with van der Waals surface area (Å²) >= 11 is 0. The molecule has 0 bridgehead atoms. The first-order chi connectivity index (χ1) is 9.57. The molecule has 2 aliphatic rings. The van der Waals surface area contributed by atoms with Crippen LogP contribution in [0.4, 0.5) is 0 Å². The maximum atomic E-state index is 13.0. The summed E-state index contributed by atoms with van der Waals surface area (Å²) in [5, 5.41) is 12.2. The zero-order valence-corrected chi connectivity index (χ0v) is 12.6. The summed E-state index contributed by atoms with van der Waals surface area (Å²) in [7, 11) is 0. The third kappa shape index (κ3) is 3.07. The number of carbonyl (C=O) groups excluding carboxylic acids is 1. The Balaban J connectivity index is 2.16. The number of amidine groups is 1. The highest BCUT2D eigenvalue weighted by Gasteiger charge is 2.44. The quantitative estimate of drug-likeness (QED) is 0.310. The third-order valence-corrected chi connectivity index (χ3v) is 4.85. The summed E-state index contributed by atoms with van der Waals surface area (Å²) in [6.45, 7) is 5.56. The molecule has 0 aromatic carbocycles. The molecule has 20 heavy (non-hydrogen) atoms. The number of nitrogens with two attached hydrogens (primary N) is 1. The fourth-order valence-electron chi connectivity index (χ4n) is 2.89. The van der Waals surface area contributed by atoms with Crippen molar-refractivity contribution in [3.63, 3.8) is 0 Å². The lowest BCUT2D eigenvalue weighted by atomic mass is 9.79. The van der Waals surface area contributed by atoms with Gasteiger partial charge in [0.15, 0.2) is 5.84 Å². The molecule has 2 fully saturated rings. The van der Waals surface area contributed by atoms with Crippen molar-refractivity contribution in [1.82, 2.24) is 4.90 Å². The molecule has 0 aliphatic heterocycles. The predicted octanol–water partition coefficient (Wildman–Crippen LogP) is 2.19. The highest BCUT2D eigenvalue weighted by molar-refractivity contribution is 6.06. The smallest absolute Gasteiger partial charge is 0.236 e. The summed E-state index contributed by atoms with van der Waals surface area (Å²) in [6.07, 6.45) is 6.05. The fraction of sp³-hybridized carbons (Fsp3) is 0.867. The first kappa shape index (κ1) is 15.1. The molecule has 2 saturated carbocycles. The molecule has 0 unspecified atom stereocenters. The predicted molar refractivity (Wildman–Crippen MR) is 78.5 cm³/mol. The lowest BCUT2D eigenvalue weighted by Crippen LogP contribution is -2.52. The first-order valence-corrected chi connectivity index (χ1v) is 7.84. The molecule has 2 rings (SSSR count). The third-order valence-electron chi connectivity index (χ3n) is 4.85. The van der Waals surface area contributed by atoms with E-state index in [2.05, 4.69) is 5.16 Å². The standard InChI is InChI=1S/C15H27N3O2/c1-3-15(4-2,13(16)17-20)14(19)18(9-11-5-6-11)10-12-7-8-12/h11-12,20H,3-10H2,1-2H3,(H2,16,17). The van der Waals surface area contributed by atoms with Crippen LogP contribution >= 0.6 is 0 Å². The van der Waals surface area contributed by atoms with Crippen LogP contribution in [0.25, 0.3) is 0 Å². The van der Waals surface area contributed by atoms with Crippen LogP contribution in [0.2, 0.25) is 0 Å². The molecule has 114 valence electrons. The second kappa shape index (κ2) is 6.02. The summed E-state index contributed by atoms with van der Waals surface area (Å²) in [5.41, 5.74) is 5.02. The van der Waals surface area contributed by atoms with Crippen molar-refractivity contribution in [2.24, 2.45) is 28.1 Å². The van der Waals surface area contributed by atoms with Crippen LogP contribution in [0.3, 0.4) is 0 Å². The molecule has 0 spiro atoms. The van der Waals surface area contributed by atoms with Crippen LogP contribution in [0.15, 0.2) is 5.16 Å². The van der Waals surface area contributed by atoms with Crippen molar-refractivity contribution in [3.05, 3.63) is 0 Å². The molecule has 5 nitrogen and oxygen atoms in total. The summed E-state index contributed by atoms with van der Waals surface area (Å²) < 4.78 is 0. The highest BCUT2D eigenvalue weighted by Crippen LogP contribution is 2.37. The van der Waals surface area contributed by atoms with Gasteiger partial charge in [0, 0.05) is 13.1 Å². The molecule has 5 heteroatoms. The van der Waals surface area contributed by atoms with Crippen molar-refractivity contribution in [2.75, 3.05) is 13.1 Å². The van der Waals surface area contributed by atoms with Gasteiger partial charge in [0.05, 0.1) is 0 Å². The largest absolute Gasteiger partial charge is 0.409 e. The zero-order chi connectivity index (χ0) is 14.8. The number of hydrogen-bond donors (Lipinski definition) is 2. The van der Waals surface area contributed by atoms with Gasteiger partial charge in [0.1, 0.15) is 5.41 Å². The Hall–Kier alpha value is -1.26. The van der Waals surface area contributed by atoms with E-state index < -0.39 is 5.41 Å². The van der Waals surface area contributed by atoms with E-state index in [0.717, 1.165) is 13.1 Å². The van der Waals surface area contributed by atoms with E-state index >= 15 is 0 Å². The number of hydrogen-bond acceptors (Lipinski definition) is 3. The summed E-state index contributed by atoms with van der Waals surface area (Å²) in [4.78, 5) is 15.0. The van der Waals surface area contributed by atoms with Gasteiger partial charge in [-0.1, -0.05) is 19.0 Å². The maximum absolute atomic E-state index is 13.0. The van der Waals surface area contributed by atoms with Gasteiger partial charge in [0.25, 0.3) is 0 Å². The molecule has 0 saturated heterocycles. The highest BCUT2D eigenvalue weighted by atomic mass is 16.4. The van der Waals surface area contributed by atoms with E-state index in [4.69, 9.17) is 10.9 Å². The minimum absolute atomic E-state index is 0.0524. The van der Waals surface area contributed by atoms with E-state index in [1.54, 1.807) is 0 Å². The lowest BCUT2D eigenvalue weighted by Gasteiger charge is -2.35. The van der Waals surface area contributed by atoms with E-state index in [9.17, 15) is 4.79 Å². The summed E-state index contributed by atoms with van der Waals surface area (Å²) in [5.74, 6) is 1.44. The molecular formula is C15H27N3O2. The topological polar surface area (TPSA) is 78.9 Å². The van der Waals surface area contributed by atoms with E-state index in [1.807, 2.05) is 18.7 Å². The van der Waals surface area contributed by atoms with E-state index in [1.165, 1.54) is 25.7 Å². The lowest BCUT2D eigenvalue weighted by molar-refractivity contribution is -0.139. The van der Waals surface area contributed by atoms with Gasteiger partial charge in [-0.3, -0.25) is 4.79 Å². The van der Waals surface area contributed by atoms with Crippen LogP contribution < -0.4 is 5.73 Å². The normalized spacial score (nSPS) is 20.0. The second-order valence-corrected chi connectivity index (χ2v) is 6.37. The molecule has 0 aromatic heterocycles. The van der Waals surface area contributed by atoms with E-state index in [0.29, 0.717) is 24.7 Å². The van der Waals surface area contributed by atoms with Crippen molar-refractivity contribution < 1.29 is 10.0 Å². The Morgan fingerprint density at radius 2 is 1.65 bits per heavy atom. The van der Waals surface area contributed by atoms with Gasteiger partial charge in [-0.15, -0.1) is 0 Å². The Morgan fingerprint density at radius 1 is 1.20 bits per heavy atom. The van der Waals surface area contributed by atoms with Crippen LogP contribution in [0.1, 0.15) is 52.4 Å². The Morgan fingerprint density at radius 3 is 1.95 bits per heavy atom. The Labute approximate surface area is 121 Å². The molecule has 3 N–H and O–H groups in total. The number of oxime groups is 1. The van der Waals surface area contributed by atoms with Gasteiger partial charge < -0.3 is 15.8 Å². The van der Waals surface area contributed by atoms with Crippen molar-refractivity contribution in [1.29, 1.82) is 0 Å². The SMILES string of the molecule is CCC(CC)(C(=O)N(CC1CC1)CC1CC1)C(N)=NO. The zero-order valence-electron chi connectivity index (χ0n) is 12.6. The van der Waals surface area contributed by atoms with Crippen LogP contribution in [0, 0.1) is 17.3 Å². The molecule has 2 aliphatic carbocycles. The second-order valence-electron chi connectivity index (χ2n) is 6.37. The minimum Gasteiger partial charge on any atom is -0.409 e. The molecule has 0 heterocycles. The number of nitrogens with zero attached hydrogens (tertiary/aromatic N) is 2. The molecule has 0 aromatic rings. The Bertz CT molecular complexity index is 369. The average Bonchev–Trinajstić information content (AvgIpc) is 3.34. The van der Waals surface area contributed by atoms with Gasteiger partial charge in [0.2, 0.25) is 5.91 Å². The van der Waals surface area contributed by atoms with Gasteiger partial charge >= 0.3 is 0 Å². The van der Waals surface area contributed by atoms with Gasteiger partial charge in [-0.25, -0.2) is 0 Å². The average molecular weight is 281 g/mol. The maximum Gasteiger partial charge on any atom is 0.236 e. The minimum atomic E-state index is -0.835. The van der Waals surface area contributed by atoms with Crippen molar-refractivity contribution in [2.45, 2.75) is 52.4 Å². The fourth-order valence-corrected chi connectivity index (χ4v) is 2.89. The van der Waals surface area contributed by atoms with Gasteiger partial charge in [-0.2, -0.15) is 0 Å². The van der Waals surface area contributed by atoms with Crippen molar-refractivity contribution in [3.8, 4) is 0 Å². The molecule has 0 radical (unpaired) electrons. The van der Waals surface area contributed by atoms with Crippen molar-refractivity contribution >= 4 is 11.7 Å². The monoisotopic (exact) mass is 281 g/mol. The van der Waals surface area contributed by atoms with Crippen LogP contribution in [0.5, 0.6) is 0 Å².